The quantitative estimate of drug-likeness (QED) is 0.829. The SMILES string of the molecule is CCCn1cc(S(=O)(=O)N(C)C(C)C)cc1CNC. The van der Waals surface area contributed by atoms with E-state index in [1.54, 1.807) is 19.3 Å². The summed E-state index contributed by atoms with van der Waals surface area (Å²) in [7, 11) is 0.0870. The van der Waals surface area contributed by atoms with Crippen molar-refractivity contribution in [3.63, 3.8) is 0 Å². The summed E-state index contributed by atoms with van der Waals surface area (Å²) in [5, 5.41) is 3.07. The molecule has 0 amide bonds. The van der Waals surface area contributed by atoms with Gasteiger partial charge in [0.05, 0.1) is 0 Å². The summed E-state index contributed by atoms with van der Waals surface area (Å²) in [6, 6.07) is 1.72. The molecule has 0 fully saturated rings. The third kappa shape index (κ3) is 3.58. The molecule has 1 rings (SSSR count). The highest BCUT2D eigenvalue weighted by Gasteiger charge is 2.25. The van der Waals surface area contributed by atoms with Crippen LogP contribution in [0, 0.1) is 0 Å². The fourth-order valence-electron chi connectivity index (χ4n) is 1.89. The van der Waals surface area contributed by atoms with Crippen molar-refractivity contribution in [2.75, 3.05) is 14.1 Å². The molecule has 1 heterocycles. The van der Waals surface area contributed by atoms with Gasteiger partial charge in [-0.1, -0.05) is 6.92 Å². The molecule has 1 aromatic heterocycles. The molecule has 0 aliphatic carbocycles. The zero-order chi connectivity index (χ0) is 14.6. The average Bonchev–Trinajstić information content (AvgIpc) is 2.73. The van der Waals surface area contributed by atoms with E-state index in [4.69, 9.17) is 0 Å². The highest BCUT2D eigenvalue weighted by molar-refractivity contribution is 7.89. The first-order valence-corrected chi connectivity index (χ1v) is 8.10. The summed E-state index contributed by atoms with van der Waals surface area (Å²) in [6.45, 7) is 7.32. The molecule has 6 heteroatoms. The maximum absolute atomic E-state index is 12.4. The lowest BCUT2D eigenvalue weighted by Crippen LogP contribution is -2.32. The van der Waals surface area contributed by atoms with Gasteiger partial charge in [0.25, 0.3) is 0 Å². The second kappa shape index (κ2) is 6.54. The maximum atomic E-state index is 12.4. The van der Waals surface area contributed by atoms with E-state index < -0.39 is 10.0 Å². The van der Waals surface area contributed by atoms with Crippen LogP contribution in [0.25, 0.3) is 0 Å². The number of rotatable bonds is 7. The highest BCUT2D eigenvalue weighted by Crippen LogP contribution is 2.20. The lowest BCUT2D eigenvalue weighted by atomic mass is 10.4. The third-order valence-electron chi connectivity index (χ3n) is 3.19. The Hall–Kier alpha value is -0.850. The zero-order valence-corrected chi connectivity index (χ0v) is 13.3. The summed E-state index contributed by atoms with van der Waals surface area (Å²) in [5.74, 6) is 0. The van der Waals surface area contributed by atoms with Gasteiger partial charge in [0.2, 0.25) is 10.0 Å². The summed E-state index contributed by atoms with van der Waals surface area (Å²) in [6.07, 6.45) is 2.72. The molecule has 0 spiro atoms. The van der Waals surface area contributed by atoms with Crippen molar-refractivity contribution in [2.45, 2.75) is 51.2 Å². The summed E-state index contributed by atoms with van der Waals surface area (Å²) in [5.41, 5.74) is 1.00. The molecule has 110 valence electrons. The number of hydrogen-bond donors (Lipinski definition) is 1. The zero-order valence-electron chi connectivity index (χ0n) is 12.5. The van der Waals surface area contributed by atoms with Crippen molar-refractivity contribution in [3.8, 4) is 0 Å². The summed E-state index contributed by atoms with van der Waals surface area (Å²) < 4.78 is 28.3. The Bertz CT molecular complexity index is 482. The van der Waals surface area contributed by atoms with E-state index in [2.05, 4.69) is 12.2 Å². The molecule has 0 aliphatic rings. The van der Waals surface area contributed by atoms with Crippen molar-refractivity contribution < 1.29 is 8.42 Å². The van der Waals surface area contributed by atoms with Gasteiger partial charge in [0, 0.05) is 38.1 Å². The van der Waals surface area contributed by atoms with E-state index in [-0.39, 0.29) is 6.04 Å². The van der Waals surface area contributed by atoms with Crippen LogP contribution in [0.5, 0.6) is 0 Å². The molecule has 0 aliphatic heterocycles. The third-order valence-corrected chi connectivity index (χ3v) is 5.19. The van der Waals surface area contributed by atoms with Crippen LogP contribution >= 0.6 is 0 Å². The minimum Gasteiger partial charge on any atom is -0.349 e. The standard InChI is InChI=1S/C13H25N3O2S/c1-6-7-16-10-13(8-12(16)9-14-4)19(17,18)15(5)11(2)3/h8,10-11,14H,6-7,9H2,1-5H3. The monoisotopic (exact) mass is 287 g/mol. The number of aromatic nitrogens is 1. The Labute approximate surface area is 116 Å². The molecule has 0 aromatic carbocycles. The van der Waals surface area contributed by atoms with E-state index >= 15 is 0 Å². The first-order chi connectivity index (χ1) is 8.84. The molecule has 5 nitrogen and oxygen atoms in total. The van der Waals surface area contributed by atoms with Gasteiger partial charge < -0.3 is 9.88 Å². The van der Waals surface area contributed by atoms with Gasteiger partial charge in [-0.3, -0.25) is 0 Å². The Morgan fingerprint density at radius 1 is 1.42 bits per heavy atom. The average molecular weight is 287 g/mol. The van der Waals surface area contributed by atoms with E-state index in [0.29, 0.717) is 11.4 Å². The Balaban J connectivity index is 3.17. The Kier molecular flexibility index (Phi) is 5.58. The lowest BCUT2D eigenvalue weighted by Gasteiger charge is -2.19. The van der Waals surface area contributed by atoms with Crippen LogP contribution in [0.1, 0.15) is 32.9 Å². The van der Waals surface area contributed by atoms with Gasteiger partial charge in [-0.25, -0.2) is 8.42 Å². The molecule has 1 N–H and O–H groups in total. The molecule has 1 aromatic rings. The number of nitrogens with one attached hydrogen (secondary N) is 1. The predicted molar refractivity (Wildman–Crippen MR) is 77.6 cm³/mol. The van der Waals surface area contributed by atoms with Gasteiger partial charge in [-0.15, -0.1) is 0 Å². The molecular formula is C13H25N3O2S. The van der Waals surface area contributed by atoms with Gasteiger partial charge >= 0.3 is 0 Å². The first kappa shape index (κ1) is 16.2. The number of sulfonamides is 1. The van der Waals surface area contributed by atoms with Crippen LogP contribution in [0.3, 0.4) is 0 Å². The Morgan fingerprint density at radius 3 is 2.53 bits per heavy atom. The van der Waals surface area contributed by atoms with Crippen molar-refractivity contribution in [2.24, 2.45) is 0 Å². The highest BCUT2D eigenvalue weighted by atomic mass is 32.2. The van der Waals surface area contributed by atoms with E-state index in [1.807, 2.05) is 25.5 Å². The summed E-state index contributed by atoms with van der Waals surface area (Å²) in [4.78, 5) is 0.377. The number of nitrogens with zero attached hydrogens (tertiary/aromatic N) is 2. The van der Waals surface area contributed by atoms with Crippen LogP contribution in [-0.2, 0) is 23.1 Å². The van der Waals surface area contributed by atoms with Gasteiger partial charge in [0.15, 0.2) is 0 Å². The topological polar surface area (TPSA) is 54.3 Å². The molecule has 0 saturated carbocycles. The molecular weight excluding hydrogens is 262 g/mol. The first-order valence-electron chi connectivity index (χ1n) is 6.66. The predicted octanol–water partition coefficient (Wildman–Crippen LogP) is 1.65. The van der Waals surface area contributed by atoms with Crippen molar-refractivity contribution >= 4 is 10.0 Å². The molecule has 0 bridgehead atoms. The van der Waals surface area contributed by atoms with Crippen molar-refractivity contribution in [1.82, 2.24) is 14.2 Å². The van der Waals surface area contributed by atoms with E-state index in [0.717, 1.165) is 18.7 Å². The van der Waals surface area contributed by atoms with E-state index in [1.165, 1.54) is 4.31 Å². The Morgan fingerprint density at radius 2 is 2.05 bits per heavy atom. The fraction of sp³-hybridized carbons (Fsp3) is 0.692. The van der Waals surface area contributed by atoms with Crippen LogP contribution in [0.2, 0.25) is 0 Å². The molecule has 19 heavy (non-hydrogen) atoms. The minimum atomic E-state index is -3.39. The van der Waals surface area contributed by atoms with Gasteiger partial charge in [-0.05, 0) is 33.4 Å². The lowest BCUT2D eigenvalue weighted by molar-refractivity contribution is 0.410. The van der Waals surface area contributed by atoms with E-state index in [9.17, 15) is 8.42 Å². The van der Waals surface area contributed by atoms with Gasteiger partial charge in [-0.2, -0.15) is 4.31 Å². The minimum absolute atomic E-state index is 0.0488. The molecule has 0 unspecified atom stereocenters. The van der Waals surface area contributed by atoms with Crippen LogP contribution in [0.15, 0.2) is 17.2 Å². The van der Waals surface area contributed by atoms with Gasteiger partial charge in [0.1, 0.15) is 4.90 Å². The molecule has 0 atom stereocenters. The fourth-order valence-corrected chi connectivity index (χ4v) is 3.32. The second-order valence-electron chi connectivity index (χ2n) is 5.01. The second-order valence-corrected chi connectivity index (χ2v) is 7.00. The summed E-state index contributed by atoms with van der Waals surface area (Å²) >= 11 is 0. The van der Waals surface area contributed by atoms with Crippen LogP contribution in [0.4, 0.5) is 0 Å². The smallest absolute Gasteiger partial charge is 0.244 e. The van der Waals surface area contributed by atoms with Crippen LogP contribution in [-0.4, -0.2) is 37.4 Å². The number of hydrogen-bond acceptors (Lipinski definition) is 3. The normalized spacial score (nSPS) is 12.6. The van der Waals surface area contributed by atoms with Crippen LogP contribution < -0.4 is 5.32 Å². The maximum Gasteiger partial charge on any atom is 0.244 e. The van der Waals surface area contributed by atoms with Crippen molar-refractivity contribution in [3.05, 3.63) is 18.0 Å². The molecule has 0 radical (unpaired) electrons. The number of aryl methyl sites for hydroxylation is 1. The largest absolute Gasteiger partial charge is 0.349 e. The molecule has 0 saturated heterocycles. The van der Waals surface area contributed by atoms with Crippen molar-refractivity contribution in [1.29, 1.82) is 0 Å².